The molecule has 246 valence electrons. The van der Waals surface area contributed by atoms with Gasteiger partial charge in [-0.2, -0.15) is 0 Å². The Morgan fingerprint density at radius 3 is 1.17 bits per heavy atom. The normalized spacial score (nSPS) is 14.1. The number of aromatic nitrogens is 4. The SMILES string of the molecule is CC(C)(C)OC(=O)N[C@H](c1nc(-c2nc([C@@H](NC(=O)OC(C)(C)C)C(C)(C)C)nc3ccccc23)c2ccccc2n1)C(C)(C)C. The fraction of sp³-hybridized carbons (Fsp3) is 0.500. The Hall–Kier alpha value is -4.34. The molecule has 0 unspecified atom stereocenters. The minimum atomic E-state index is -0.671. The van der Waals surface area contributed by atoms with E-state index in [0.717, 1.165) is 10.8 Å². The number of alkyl carbamates (subject to hydrolysis) is 2. The summed E-state index contributed by atoms with van der Waals surface area (Å²) in [6.45, 7) is 23.0. The molecular weight excluding hydrogens is 580 g/mol. The molecular formula is C36H48N6O4. The smallest absolute Gasteiger partial charge is 0.408 e. The van der Waals surface area contributed by atoms with Crippen LogP contribution in [0.5, 0.6) is 0 Å². The third-order valence-corrected chi connectivity index (χ3v) is 7.04. The van der Waals surface area contributed by atoms with Crippen molar-refractivity contribution in [2.24, 2.45) is 10.8 Å². The van der Waals surface area contributed by atoms with Gasteiger partial charge in [-0.3, -0.25) is 0 Å². The average molecular weight is 629 g/mol. The van der Waals surface area contributed by atoms with Crippen LogP contribution in [0, 0.1) is 10.8 Å². The highest BCUT2D eigenvalue weighted by Gasteiger charge is 2.35. The number of ether oxygens (including phenoxy) is 2. The van der Waals surface area contributed by atoms with Crippen LogP contribution in [0.1, 0.15) is 107 Å². The van der Waals surface area contributed by atoms with Crippen molar-refractivity contribution in [2.75, 3.05) is 0 Å². The second-order valence-corrected chi connectivity index (χ2v) is 15.8. The first-order valence-corrected chi connectivity index (χ1v) is 15.7. The van der Waals surface area contributed by atoms with Gasteiger partial charge in [0.15, 0.2) is 11.6 Å². The van der Waals surface area contributed by atoms with Crippen LogP contribution in [-0.2, 0) is 9.47 Å². The van der Waals surface area contributed by atoms with Gasteiger partial charge in [0, 0.05) is 10.8 Å². The number of carbonyl (C=O) groups excluding carboxylic acids is 2. The molecule has 4 rings (SSSR count). The lowest BCUT2D eigenvalue weighted by Crippen LogP contribution is -2.41. The van der Waals surface area contributed by atoms with Gasteiger partial charge < -0.3 is 20.1 Å². The molecule has 2 aromatic heterocycles. The zero-order valence-electron chi connectivity index (χ0n) is 29.2. The summed E-state index contributed by atoms with van der Waals surface area (Å²) in [7, 11) is 0. The number of benzene rings is 2. The van der Waals surface area contributed by atoms with Crippen LogP contribution in [0.2, 0.25) is 0 Å². The first-order valence-electron chi connectivity index (χ1n) is 15.7. The number of hydrogen-bond acceptors (Lipinski definition) is 8. The van der Waals surface area contributed by atoms with Crippen molar-refractivity contribution in [1.29, 1.82) is 0 Å². The van der Waals surface area contributed by atoms with Crippen molar-refractivity contribution in [2.45, 2.75) is 106 Å². The molecule has 0 fully saturated rings. The highest BCUT2D eigenvalue weighted by atomic mass is 16.6. The predicted octanol–water partition coefficient (Wildman–Crippen LogP) is 8.46. The topological polar surface area (TPSA) is 128 Å². The van der Waals surface area contributed by atoms with E-state index in [-0.39, 0.29) is 0 Å². The molecule has 0 saturated heterocycles. The summed E-state index contributed by atoms with van der Waals surface area (Å²) in [6.07, 6.45) is -1.11. The van der Waals surface area contributed by atoms with Gasteiger partial charge in [0.2, 0.25) is 0 Å². The lowest BCUT2D eigenvalue weighted by atomic mass is 9.85. The van der Waals surface area contributed by atoms with E-state index in [2.05, 4.69) is 10.6 Å². The van der Waals surface area contributed by atoms with Gasteiger partial charge in [0.1, 0.15) is 22.6 Å². The molecule has 2 N–H and O–H groups in total. The van der Waals surface area contributed by atoms with Crippen LogP contribution in [0.15, 0.2) is 48.5 Å². The summed E-state index contributed by atoms with van der Waals surface area (Å²) < 4.78 is 11.2. The number of carbonyl (C=O) groups is 2. The van der Waals surface area contributed by atoms with Gasteiger partial charge >= 0.3 is 12.2 Å². The fourth-order valence-corrected chi connectivity index (χ4v) is 5.00. The van der Waals surface area contributed by atoms with Crippen LogP contribution in [0.4, 0.5) is 9.59 Å². The van der Waals surface area contributed by atoms with E-state index < -0.39 is 46.3 Å². The monoisotopic (exact) mass is 628 g/mol. The van der Waals surface area contributed by atoms with E-state index in [1.54, 1.807) is 0 Å². The Balaban J connectivity index is 1.96. The largest absolute Gasteiger partial charge is 0.444 e. The summed E-state index contributed by atoms with van der Waals surface area (Å²) in [6, 6.07) is 14.3. The second-order valence-electron chi connectivity index (χ2n) is 15.8. The van der Waals surface area contributed by atoms with Crippen molar-refractivity contribution < 1.29 is 19.1 Å². The molecule has 0 spiro atoms. The van der Waals surface area contributed by atoms with Gasteiger partial charge in [-0.25, -0.2) is 29.5 Å². The molecule has 0 bridgehead atoms. The summed E-state index contributed by atoms with van der Waals surface area (Å²) in [5.41, 5.74) is 0.298. The first-order chi connectivity index (χ1) is 21.1. The van der Waals surface area contributed by atoms with E-state index in [1.165, 1.54) is 0 Å². The van der Waals surface area contributed by atoms with Crippen LogP contribution >= 0.6 is 0 Å². The Morgan fingerprint density at radius 1 is 0.543 bits per heavy atom. The van der Waals surface area contributed by atoms with Crippen LogP contribution < -0.4 is 10.6 Å². The molecule has 2 heterocycles. The maximum absolute atomic E-state index is 13.0. The zero-order valence-corrected chi connectivity index (χ0v) is 29.2. The molecule has 4 aromatic rings. The van der Waals surface area contributed by atoms with Crippen molar-refractivity contribution in [3.63, 3.8) is 0 Å². The lowest BCUT2D eigenvalue weighted by Gasteiger charge is -2.32. The zero-order chi connectivity index (χ0) is 34.2. The van der Waals surface area contributed by atoms with Crippen LogP contribution in [-0.4, -0.2) is 43.3 Å². The Morgan fingerprint density at radius 2 is 0.870 bits per heavy atom. The molecule has 0 aliphatic heterocycles. The van der Waals surface area contributed by atoms with Crippen molar-refractivity contribution >= 4 is 34.0 Å². The number of amides is 2. The third kappa shape index (κ3) is 8.47. The van der Waals surface area contributed by atoms with E-state index in [0.29, 0.717) is 34.1 Å². The molecule has 2 aromatic carbocycles. The minimum absolute atomic E-state index is 0.426. The van der Waals surface area contributed by atoms with Crippen LogP contribution in [0.25, 0.3) is 33.2 Å². The second kappa shape index (κ2) is 12.5. The number of nitrogens with one attached hydrogen (secondary N) is 2. The molecule has 46 heavy (non-hydrogen) atoms. The van der Waals surface area contributed by atoms with Gasteiger partial charge in [-0.05, 0) is 64.5 Å². The highest BCUT2D eigenvalue weighted by molar-refractivity contribution is 6.00. The number of nitrogens with zero attached hydrogens (tertiary/aromatic N) is 4. The van der Waals surface area contributed by atoms with Crippen molar-refractivity contribution in [3.8, 4) is 11.4 Å². The maximum Gasteiger partial charge on any atom is 0.408 e. The van der Waals surface area contributed by atoms with Gasteiger partial charge in [0.25, 0.3) is 0 Å². The molecule has 0 aliphatic rings. The van der Waals surface area contributed by atoms with E-state index in [4.69, 9.17) is 29.4 Å². The molecule has 2 atom stereocenters. The lowest BCUT2D eigenvalue weighted by molar-refractivity contribution is 0.0448. The highest BCUT2D eigenvalue weighted by Crippen LogP contribution is 2.38. The van der Waals surface area contributed by atoms with Crippen molar-refractivity contribution in [1.82, 2.24) is 30.6 Å². The van der Waals surface area contributed by atoms with Gasteiger partial charge in [-0.15, -0.1) is 0 Å². The predicted molar refractivity (Wildman–Crippen MR) is 181 cm³/mol. The molecule has 0 saturated carbocycles. The van der Waals surface area contributed by atoms with E-state index >= 15 is 0 Å². The quantitative estimate of drug-likeness (QED) is 0.225. The van der Waals surface area contributed by atoms with Crippen molar-refractivity contribution in [3.05, 3.63) is 60.2 Å². The van der Waals surface area contributed by atoms with Crippen LogP contribution in [0.3, 0.4) is 0 Å². The minimum Gasteiger partial charge on any atom is -0.444 e. The molecule has 0 aliphatic carbocycles. The summed E-state index contributed by atoms with van der Waals surface area (Å²) in [4.78, 5) is 46.1. The number of fused-ring (bicyclic) bond motifs is 2. The number of hydrogen-bond donors (Lipinski definition) is 2. The summed E-state index contributed by atoms with van der Waals surface area (Å²) in [5, 5.41) is 7.62. The molecule has 10 heteroatoms. The summed E-state index contributed by atoms with van der Waals surface area (Å²) in [5.74, 6) is 0.853. The maximum atomic E-state index is 13.0. The molecule has 0 radical (unpaired) electrons. The standard InChI is InChI=1S/C36H48N6O4/c1-33(2,3)27(41-31(43)45-35(7,8)9)29-37-23-19-15-13-17-21(23)25(39-29)26-22-18-14-16-20-24(22)38-30(40-26)28(34(4,5)6)42-32(44)46-36(10,11)12/h13-20,27-28H,1-12H3,(H,41,43)(H,42,44)/t27-,28-/m1/s1. The molecule has 2 amide bonds. The van der Waals surface area contributed by atoms with E-state index in [1.807, 2.05) is 132 Å². The molecule has 10 nitrogen and oxygen atoms in total. The van der Waals surface area contributed by atoms with E-state index in [9.17, 15) is 9.59 Å². The van der Waals surface area contributed by atoms with Gasteiger partial charge in [0.05, 0.1) is 23.1 Å². The third-order valence-electron chi connectivity index (χ3n) is 7.04. The Labute approximate surface area is 272 Å². The summed E-state index contributed by atoms with van der Waals surface area (Å²) >= 11 is 0. The Bertz CT molecular complexity index is 1610. The van der Waals surface area contributed by atoms with Gasteiger partial charge in [-0.1, -0.05) is 77.9 Å². The Kier molecular flexibility index (Phi) is 9.35. The number of rotatable bonds is 5. The fourth-order valence-electron chi connectivity index (χ4n) is 5.00. The first kappa shape index (κ1) is 34.5. The number of para-hydroxylation sites is 2. The average Bonchev–Trinajstić information content (AvgIpc) is 2.90.